The van der Waals surface area contributed by atoms with Gasteiger partial charge in [0.2, 0.25) is 5.95 Å². The zero-order chi connectivity index (χ0) is 17.8. The van der Waals surface area contributed by atoms with Crippen molar-refractivity contribution in [2.24, 2.45) is 0 Å². The Morgan fingerprint density at radius 2 is 1.56 bits per heavy atom. The number of nitrogens with zero attached hydrogens (tertiary/aromatic N) is 3. The summed E-state index contributed by atoms with van der Waals surface area (Å²) >= 11 is 0. The molecule has 4 nitrogen and oxygen atoms in total. The molecule has 1 aromatic heterocycles. The molecule has 0 aliphatic carbocycles. The molecule has 0 bridgehead atoms. The van der Waals surface area contributed by atoms with Crippen LogP contribution in [0.15, 0.2) is 54.6 Å². The number of aryl methyl sites for hydroxylation is 3. The van der Waals surface area contributed by atoms with E-state index in [2.05, 4.69) is 59.4 Å². The monoisotopic (exact) mass is 332 g/mol. The van der Waals surface area contributed by atoms with Crippen molar-refractivity contribution < 1.29 is 0 Å². The van der Waals surface area contributed by atoms with Crippen LogP contribution in [0, 0.1) is 20.8 Å². The van der Waals surface area contributed by atoms with Crippen LogP contribution in [0.3, 0.4) is 0 Å². The summed E-state index contributed by atoms with van der Waals surface area (Å²) in [6, 6.07) is 18.6. The predicted molar refractivity (Wildman–Crippen MR) is 105 cm³/mol. The Kier molecular flexibility index (Phi) is 4.98. The van der Waals surface area contributed by atoms with Crippen molar-refractivity contribution >= 4 is 17.5 Å². The Morgan fingerprint density at radius 3 is 2.24 bits per heavy atom. The van der Waals surface area contributed by atoms with Crippen LogP contribution in [0.5, 0.6) is 0 Å². The van der Waals surface area contributed by atoms with E-state index in [0.717, 1.165) is 29.7 Å². The van der Waals surface area contributed by atoms with Gasteiger partial charge in [0.25, 0.3) is 0 Å². The normalized spacial score (nSPS) is 10.6. The number of nitrogens with one attached hydrogen (secondary N) is 1. The van der Waals surface area contributed by atoms with E-state index < -0.39 is 0 Å². The molecule has 4 heteroatoms. The Labute approximate surface area is 149 Å². The molecule has 1 heterocycles. The average Bonchev–Trinajstić information content (AvgIpc) is 2.59. The van der Waals surface area contributed by atoms with Crippen LogP contribution < -0.4 is 10.2 Å². The minimum Gasteiger partial charge on any atom is -0.340 e. The molecule has 128 valence electrons. The molecule has 0 aliphatic heterocycles. The van der Waals surface area contributed by atoms with Gasteiger partial charge >= 0.3 is 0 Å². The van der Waals surface area contributed by atoms with Crippen LogP contribution in [0.2, 0.25) is 0 Å². The maximum absolute atomic E-state index is 4.71. The van der Waals surface area contributed by atoms with Crippen LogP contribution >= 0.6 is 0 Å². The van der Waals surface area contributed by atoms with Gasteiger partial charge in [0, 0.05) is 31.0 Å². The highest BCUT2D eigenvalue weighted by atomic mass is 15.2. The molecular weight excluding hydrogens is 308 g/mol. The summed E-state index contributed by atoms with van der Waals surface area (Å²) in [6.07, 6.45) is 0. The van der Waals surface area contributed by atoms with E-state index in [1.54, 1.807) is 0 Å². The lowest BCUT2D eigenvalue weighted by Gasteiger charge is -2.19. The third kappa shape index (κ3) is 4.15. The zero-order valence-corrected chi connectivity index (χ0v) is 15.2. The first-order chi connectivity index (χ1) is 12.0. The molecule has 0 saturated heterocycles. The molecule has 0 atom stereocenters. The van der Waals surface area contributed by atoms with Gasteiger partial charge in [-0.3, -0.25) is 0 Å². The molecule has 3 rings (SSSR count). The molecule has 3 aromatic rings. The van der Waals surface area contributed by atoms with Gasteiger partial charge in [0.05, 0.1) is 0 Å². The summed E-state index contributed by atoms with van der Waals surface area (Å²) in [7, 11) is 2.02. The molecule has 0 radical (unpaired) electrons. The summed E-state index contributed by atoms with van der Waals surface area (Å²) in [6.45, 7) is 6.97. The number of anilines is 3. The molecule has 0 fully saturated rings. The highest BCUT2D eigenvalue weighted by Gasteiger charge is 2.10. The molecule has 0 aliphatic rings. The summed E-state index contributed by atoms with van der Waals surface area (Å²) in [5.41, 5.74) is 5.70. The fourth-order valence-electron chi connectivity index (χ4n) is 2.86. The van der Waals surface area contributed by atoms with E-state index in [9.17, 15) is 0 Å². The molecule has 0 unspecified atom stereocenters. The quantitative estimate of drug-likeness (QED) is 0.730. The van der Waals surface area contributed by atoms with Crippen LogP contribution in [-0.2, 0) is 6.54 Å². The lowest BCUT2D eigenvalue weighted by molar-refractivity contribution is 0.861. The molecule has 1 N–H and O–H groups in total. The Hall–Kier alpha value is -2.88. The number of rotatable bonds is 5. The van der Waals surface area contributed by atoms with Crippen LogP contribution in [0.25, 0.3) is 0 Å². The van der Waals surface area contributed by atoms with E-state index in [1.165, 1.54) is 16.7 Å². The van der Waals surface area contributed by atoms with Crippen LogP contribution in [-0.4, -0.2) is 17.0 Å². The second kappa shape index (κ2) is 7.34. The predicted octanol–water partition coefficient (Wildman–Crippen LogP) is 4.78. The van der Waals surface area contributed by atoms with Gasteiger partial charge in [-0.1, -0.05) is 48.5 Å². The van der Waals surface area contributed by atoms with E-state index in [4.69, 9.17) is 4.98 Å². The first-order valence-corrected chi connectivity index (χ1v) is 8.47. The van der Waals surface area contributed by atoms with Crippen molar-refractivity contribution in [3.63, 3.8) is 0 Å². The third-order valence-corrected chi connectivity index (χ3v) is 4.18. The average molecular weight is 332 g/mol. The minimum atomic E-state index is 0.720. The molecular formula is C21H24N4. The van der Waals surface area contributed by atoms with Gasteiger partial charge in [-0.15, -0.1) is 0 Å². The zero-order valence-electron chi connectivity index (χ0n) is 15.2. The van der Waals surface area contributed by atoms with Crippen molar-refractivity contribution in [3.8, 4) is 0 Å². The van der Waals surface area contributed by atoms with Gasteiger partial charge in [0.1, 0.15) is 5.82 Å². The number of benzene rings is 2. The summed E-state index contributed by atoms with van der Waals surface area (Å²) < 4.78 is 0. The second-order valence-electron chi connectivity index (χ2n) is 6.43. The largest absolute Gasteiger partial charge is 0.340 e. The number of hydrogen-bond acceptors (Lipinski definition) is 4. The maximum Gasteiger partial charge on any atom is 0.227 e. The number of aromatic nitrogens is 2. The lowest BCUT2D eigenvalue weighted by atomic mass is 10.1. The molecule has 0 spiro atoms. The van der Waals surface area contributed by atoms with Crippen LogP contribution in [0.4, 0.5) is 17.5 Å². The number of para-hydroxylation sites is 1. The van der Waals surface area contributed by atoms with Crippen molar-refractivity contribution in [2.45, 2.75) is 27.3 Å². The maximum atomic E-state index is 4.71. The van der Waals surface area contributed by atoms with E-state index in [1.807, 2.05) is 38.2 Å². The minimum absolute atomic E-state index is 0.720. The van der Waals surface area contributed by atoms with Crippen molar-refractivity contribution in [3.05, 3.63) is 77.0 Å². The van der Waals surface area contributed by atoms with Gasteiger partial charge in [-0.2, -0.15) is 4.98 Å². The Bertz CT molecular complexity index is 839. The molecule has 25 heavy (non-hydrogen) atoms. The smallest absolute Gasteiger partial charge is 0.227 e. The van der Waals surface area contributed by atoms with Crippen molar-refractivity contribution in [1.82, 2.24) is 9.97 Å². The van der Waals surface area contributed by atoms with Crippen molar-refractivity contribution in [1.29, 1.82) is 0 Å². The van der Waals surface area contributed by atoms with E-state index in [-0.39, 0.29) is 0 Å². The third-order valence-electron chi connectivity index (χ3n) is 4.18. The lowest BCUT2D eigenvalue weighted by Crippen LogP contribution is -2.20. The van der Waals surface area contributed by atoms with E-state index in [0.29, 0.717) is 0 Å². The molecule has 0 saturated carbocycles. The summed E-state index contributed by atoms with van der Waals surface area (Å²) in [5, 5.41) is 3.46. The number of hydrogen-bond donors (Lipinski definition) is 1. The topological polar surface area (TPSA) is 41.1 Å². The Morgan fingerprint density at radius 1 is 0.880 bits per heavy atom. The highest BCUT2D eigenvalue weighted by molar-refractivity contribution is 5.65. The SMILES string of the molecule is Cc1cc(Nc2c(C)cccc2C)nc(N(C)Cc2ccccc2)n1. The van der Waals surface area contributed by atoms with Gasteiger partial charge in [-0.25, -0.2) is 4.98 Å². The fraction of sp³-hybridized carbons (Fsp3) is 0.238. The van der Waals surface area contributed by atoms with Crippen molar-refractivity contribution in [2.75, 3.05) is 17.3 Å². The van der Waals surface area contributed by atoms with E-state index >= 15 is 0 Å². The first kappa shape index (κ1) is 17.0. The van der Waals surface area contributed by atoms with Gasteiger partial charge in [0.15, 0.2) is 0 Å². The highest BCUT2D eigenvalue weighted by Crippen LogP contribution is 2.24. The van der Waals surface area contributed by atoms with Gasteiger partial charge in [-0.05, 0) is 37.5 Å². The summed E-state index contributed by atoms with van der Waals surface area (Å²) in [4.78, 5) is 11.4. The molecule has 2 aromatic carbocycles. The molecule has 0 amide bonds. The Balaban J connectivity index is 1.85. The summed E-state index contributed by atoms with van der Waals surface area (Å²) in [5.74, 6) is 1.54. The first-order valence-electron chi connectivity index (χ1n) is 8.47. The van der Waals surface area contributed by atoms with Gasteiger partial charge < -0.3 is 10.2 Å². The second-order valence-corrected chi connectivity index (χ2v) is 6.43. The van der Waals surface area contributed by atoms with Crippen LogP contribution in [0.1, 0.15) is 22.4 Å². The fourth-order valence-corrected chi connectivity index (χ4v) is 2.86. The standard InChI is InChI=1S/C21H24N4/c1-15-9-8-10-16(2)20(15)23-19-13-17(3)22-21(24-19)25(4)14-18-11-6-5-7-12-18/h5-13H,14H2,1-4H3,(H,22,23,24).